The highest BCUT2D eigenvalue weighted by Gasteiger charge is 2.23. The summed E-state index contributed by atoms with van der Waals surface area (Å²) in [6, 6.07) is 0. The van der Waals surface area contributed by atoms with Crippen LogP contribution in [0.1, 0.15) is 116 Å². The third-order valence-electron chi connectivity index (χ3n) is 6.23. The maximum Gasteiger partial charge on any atom is 0.303 e. The Bertz CT molecular complexity index is 459. The van der Waals surface area contributed by atoms with E-state index in [1.807, 2.05) is 0 Å². The van der Waals surface area contributed by atoms with Gasteiger partial charge in [-0.05, 0) is 12.3 Å². The Morgan fingerprint density at radius 2 is 1.45 bits per heavy atom. The molecule has 1 rings (SSSR count). The molecule has 0 spiro atoms. The standard InChI is InChI=1S/C25H48N2O4/c1-2-3-4-5-6-7-8-9-10-11-12-13-14-15-16-17-23(20-25(29)30)24(28)21-31-27-19-18-26-22-27/h22-24,28H,2-21H2,1H3,(H,29,30). The number of hydrogen-bond donors (Lipinski definition) is 2. The third kappa shape index (κ3) is 16.2. The van der Waals surface area contributed by atoms with Gasteiger partial charge in [-0.25, -0.2) is 5.06 Å². The molecule has 0 aromatic heterocycles. The monoisotopic (exact) mass is 440 g/mol. The van der Waals surface area contributed by atoms with Gasteiger partial charge in [0, 0.05) is 0 Å². The quantitative estimate of drug-likeness (QED) is 0.203. The number of nitrogens with zero attached hydrogens (tertiary/aromatic N) is 2. The van der Waals surface area contributed by atoms with Crippen molar-refractivity contribution in [2.24, 2.45) is 10.9 Å². The van der Waals surface area contributed by atoms with Crippen molar-refractivity contribution < 1.29 is 19.8 Å². The van der Waals surface area contributed by atoms with E-state index >= 15 is 0 Å². The molecule has 2 atom stereocenters. The average molecular weight is 441 g/mol. The van der Waals surface area contributed by atoms with Gasteiger partial charge in [-0.3, -0.25) is 14.6 Å². The van der Waals surface area contributed by atoms with E-state index in [-0.39, 0.29) is 18.9 Å². The molecule has 0 saturated carbocycles. The SMILES string of the molecule is CCCCCCCCCCCCCCCCCC(CC(=O)O)C(O)CON1C=NCC1. The van der Waals surface area contributed by atoms with Gasteiger partial charge in [-0.2, -0.15) is 0 Å². The van der Waals surface area contributed by atoms with Crippen LogP contribution in [0.25, 0.3) is 0 Å². The molecule has 1 heterocycles. The smallest absolute Gasteiger partial charge is 0.303 e. The first-order chi connectivity index (χ1) is 15.1. The molecule has 0 saturated heterocycles. The second-order valence-electron chi connectivity index (χ2n) is 9.12. The third-order valence-corrected chi connectivity index (χ3v) is 6.23. The molecule has 182 valence electrons. The van der Waals surface area contributed by atoms with Gasteiger partial charge in [0.2, 0.25) is 0 Å². The van der Waals surface area contributed by atoms with Gasteiger partial charge in [-0.15, -0.1) is 0 Å². The van der Waals surface area contributed by atoms with Crippen LogP contribution in [0.4, 0.5) is 0 Å². The second kappa shape index (κ2) is 19.5. The number of hydrogen-bond acceptors (Lipinski definition) is 5. The number of hydroxylamine groups is 2. The lowest BCUT2D eigenvalue weighted by atomic mass is 9.92. The van der Waals surface area contributed by atoms with E-state index < -0.39 is 12.1 Å². The molecular weight excluding hydrogens is 392 g/mol. The van der Waals surface area contributed by atoms with Gasteiger partial charge in [0.1, 0.15) is 12.9 Å². The van der Waals surface area contributed by atoms with E-state index in [0.717, 1.165) is 19.3 Å². The normalized spacial score (nSPS) is 15.5. The number of carboxylic acid groups (broad SMARTS) is 1. The fourth-order valence-corrected chi connectivity index (χ4v) is 4.20. The zero-order valence-corrected chi connectivity index (χ0v) is 20.0. The summed E-state index contributed by atoms with van der Waals surface area (Å²) in [6.45, 7) is 3.79. The fourth-order valence-electron chi connectivity index (χ4n) is 4.20. The Labute approximate surface area is 190 Å². The van der Waals surface area contributed by atoms with Gasteiger partial charge in [0.15, 0.2) is 0 Å². The summed E-state index contributed by atoms with van der Waals surface area (Å²) in [6.07, 6.45) is 21.3. The largest absolute Gasteiger partial charge is 0.481 e. The van der Waals surface area contributed by atoms with Gasteiger partial charge >= 0.3 is 5.97 Å². The number of aliphatic imine (C=N–C) groups is 1. The first kappa shape index (κ1) is 27.9. The summed E-state index contributed by atoms with van der Waals surface area (Å²) < 4.78 is 0. The highest BCUT2D eigenvalue weighted by atomic mass is 16.7. The summed E-state index contributed by atoms with van der Waals surface area (Å²) in [7, 11) is 0. The lowest BCUT2D eigenvalue weighted by molar-refractivity contribution is -0.144. The predicted octanol–water partition coefficient (Wildman–Crippen LogP) is 5.98. The van der Waals surface area contributed by atoms with Crippen molar-refractivity contribution >= 4 is 12.3 Å². The summed E-state index contributed by atoms with van der Waals surface area (Å²) in [5, 5.41) is 21.1. The molecule has 0 aromatic rings. The molecule has 0 fully saturated rings. The number of rotatable bonds is 22. The Morgan fingerprint density at radius 1 is 0.935 bits per heavy atom. The molecule has 1 aliphatic heterocycles. The summed E-state index contributed by atoms with van der Waals surface area (Å²) >= 11 is 0. The molecule has 0 amide bonds. The van der Waals surface area contributed by atoms with Crippen molar-refractivity contribution in [2.75, 3.05) is 19.7 Å². The van der Waals surface area contributed by atoms with Crippen LogP contribution in [0.15, 0.2) is 4.99 Å². The lowest BCUT2D eigenvalue weighted by Crippen LogP contribution is -2.32. The first-order valence-electron chi connectivity index (χ1n) is 12.9. The van der Waals surface area contributed by atoms with Crippen LogP contribution in [0, 0.1) is 5.92 Å². The van der Waals surface area contributed by atoms with E-state index in [1.165, 1.54) is 83.5 Å². The van der Waals surface area contributed by atoms with Crippen molar-refractivity contribution in [3.05, 3.63) is 0 Å². The first-order valence-corrected chi connectivity index (χ1v) is 12.9. The number of unbranched alkanes of at least 4 members (excludes halogenated alkanes) is 14. The van der Waals surface area contributed by atoms with Crippen molar-refractivity contribution in [1.82, 2.24) is 5.06 Å². The zero-order valence-electron chi connectivity index (χ0n) is 20.0. The number of aliphatic hydroxyl groups excluding tert-OH is 1. The van der Waals surface area contributed by atoms with Crippen LogP contribution in [0.2, 0.25) is 0 Å². The van der Waals surface area contributed by atoms with Gasteiger partial charge in [-0.1, -0.05) is 103 Å². The molecule has 1 aliphatic rings. The molecule has 6 nitrogen and oxygen atoms in total. The van der Waals surface area contributed by atoms with Crippen molar-refractivity contribution in [3.8, 4) is 0 Å². The minimum absolute atomic E-state index is 0.00276. The van der Waals surface area contributed by atoms with E-state index in [2.05, 4.69) is 11.9 Å². The lowest BCUT2D eigenvalue weighted by Gasteiger charge is -2.23. The molecule has 0 bridgehead atoms. The van der Waals surface area contributed by atoms with Gasteiger partial charge in [0.25, 0.3) is 0 Å². The predicted molar refractivity (Wildman–Crippen MR) is 127 cm³/mol. The molecule has 0 radical (unpaired) electrons. The average Bonchev–Trinajstić information content (AvgIpc) is 3.27. The second-order valence-corrected chi connectivity index (χ2v) is 9.12. The molecule has 2 N–H and O–H groups in total. The number of aliphatic carboxylic acids is 1. The molecule has 0 aliphatic carbocycles. The van der Waals surface area contributed by atoms with E-state index in [4.69, 9.17) is 9.94 Å². The van der Waals surface area contributed by atoms with Crippen molar-refractivity contribution in [1.29, 1.82) is 0 Å². The number of aliphatic hydroxyl groups is 1. The molecule has 31 heavy (non-hydrogen) atoms. The van der Waals surface area contributed by atoms with E-state index in [9.17, 15) is 9.90 Å². The molecule has 2 unspecified atom stereocenters. The van der Waals surface area contributed by atoms with Crippen LogP contribution in [-0.4, -0.2) is 53.4 Å². The van der Waals surface area contributed by atoms with Crippen LogP contribution in [0.5, 0.6) is 0 Å². The summed E-state index contributed by atoms with van der Waals surface area (Å²) in [4.78, 5) is 20.7. The maximum atomic E-state index is 11.2. The topological polar surface area (TPSA) is 82.4 Å². The van der Waals surface area contributed by atoms with Crippen LogP contribution >= 0.6 is 0 Å². The van der Waals surface area contributed by atoms with Crippen molar-refractivity contribution in [2.45, 2.75) is 122 Å². The maximum absolute atomic E-state index is 11.2. The Hall–Kier alpha value is -1.14. The number of carbonyl (C=O) groups is 1. The molecule has 0 aromatic carbocycles. The molecule has 6 heteroatoms. The fraction of sp³-hybridized carbons (Fsp3) is 0.920. The Morgan fingerprint density at radius 3 is 1.90 bits per heavy atom. The number of carboxylic acids is 1. The van der Waals surface area contributed by atoms with E-state index in [0.29, 0.717) is 13.1 Å². The Balaban J connectivity index is 1.96. The highest BCUT2D eigenvalue weighted by molar-refractivity contribution is 5.67. The Kier molecular flexibility index (Phi) is 17.6. The minimum Gasteiger partial charge on any atom is -0.481 e. The minimum atomic E-state index is -0.854. The summed E-state index contributed by atoms with van der Waals surface area (Å²) in [5.74, 6) is -1.10. The van der Waals surface area contributed by atoms with Crippen molar-refractivity contribution in [3.63, 3.8) is 0 Å². The van der Waals surface area contributed by atoms with Crippen LogP contribution in [-0.2, 0) is 9.63 Å². The highest BCUT2D eigenvalue weighted by Crippen LogP contribution is 2.20. The molecular formula is C25H48N2O4. The van der Waals surface area contributed by atoms with Gasteiger partial charge < -0.3 is 10.2 Å². The van der Waals surface area contributed by atoms with Crippen LogP contribution in [0.3, 0.4) is 0 Å². The summed E-state index contributed by atoms with van der Waals surface area (Å²) in [5.41, 5.74) is 0. The van der Waals surface area contributed by atoms with Crippen LogP contribution < -0.4 is 0 Å². The van der Waals surface area contributed by atoms with E-state index in [1.54, 1.807) is 11.4 Å². The van der Waals surface area contributed by atoms with Gasteiger partial charge in [0.05, 0.1) is 25.6 Å². The zero-order chi connectivity index (χ0) is 22.6.